The van der Waals surface area contributed by atoms with E-state index in [0.29, 0.717) is 0 Å². The van der Waals surface area contributed by atoms with Gasteiger partial charge in [0.05, 0.1) is 5.56 Å². The zero-order valence-corrected chi connectivity index (χ0v) is 9.31. The number of halogens is 3. The van der Waals surface area contributed by atoms with Crippen LogP contribution in [-0.4, -0.2) is 29.1 Å². The molecule has 0 fully saturated rings. The summed E-state index contributed by atoms with van der Waals surface area (Å²) in [5, 5.41) is 8.68. The molecule has 0 aliphatic heterocycles. The van der Waals surface area contributed by atoms with Crippen LogP contribution in [0.5, 0.6) is 0 Å². The van der Waals surface area contributed by atoms with Gasteiger partial charge in [0.15, 0.2) is 0 Å². The van der Waals surface area contributed by atoms with E-state index in [1.807, 2.05) is 0 Å². The Bertz CT molecular complexity index is 446. The second-order valence-electron chi connectivity index (χ2n) is 3.46. The molecule has 0 unspecified atom stereocenters. The third-order valence-electron chi connectivity index (χ3n) is 2.07. The topological polar surface area (TPSA) is 53.4 Å². The Labute approximate surface area is 101 Å². The predicted molar refractivity (Wildman–Crippen MR) is 59.3 cm³/mol. The van der Waals surface area contributed by atoms with Crippen LogP contribution < -0.4 is 4.90 Å². The molecule has 0 saturated carbocycles. The van der Waals surface area contributed by atoms with Crippen LogP contribution >= 0.6 is 0 Å². The molecule has 0 spiro atoms. The quantitative estimate of drug-likeness (QED) is 0.824. The Morgan fingerprint density at radius 2 is 2.22 bits per heavy atom. The summed E-state index contributed by atoms with van der Waals surface area (Å²) in [5.74, 6) is -1.21. The Hall–Kier alpha value is -2.05. The van der Waals surface area contributed by atoms with Crippen molar-refractivity contribution in [3.63, 3.8) is 0 Å². The minimum absolute atomic E-state index is 0.0490. The first-order valence-corrected chi connectivity index (χ1v) is 4.95. The molecular formula is C11H11F3N2O2. The second kappa shape index (κ2) is 5.52. The van der Waals surface area contributed by atoms with Crippen LogP contribution in [0.2, 0.25) is 0 Å². The van der Waals surface area contributed by atoms with Crippen molar-refractivity contribution in [1.82, 2.24) is 4.98 Å². The Kier molecular flexibility index (Phi) is 4.30. The molecule has 7 heteroatoms. The molecule has 0 amide bonds. The molecule has 1 aromatic heterocycles. The van der Waals surface area contributed by atoms with Gasteiger partial charge in [0.1, 0.15) is 12.4 Å². The van der Waals surface area contributed by atoms with Gasteiger partial charge in [-0.2, -0.15) is 13.2 Å². The average molecular weight is 260 g/mol. The summed E-state index contributed by atoms with van der Waals surface area (Å²) in [6.45, 7) is 3.07. The SMILES string of the molecule is C=CCN(CC(=O)O)c1cc(C(F)(F)F)ccn1. The van der Waals surface area contributed by atoms with Gasteiger partial charge in [0.2, 0.25) is 0 Å². The molecule has 18 heavy (non-hydrogen) atoms. The fourth-order valence-corrected chi connectivity index (χ4v) is 1.33. The molecule has 1 heterocycles. The van der Waals surface area contributed by atoms with Gasteiger partial charge in [0, 0.05) is 12.7 Å². The number of aromatic nitrogens is 1. The molecule has 98 valence electrons. The van der Waals surface area contributed by atoms with Gasteiger partial charge in [-0.1, -0.05) is 6.08 Å². The lowest BCUT2D eigenvalue weighted by atomic mass is 10.2. The third-order valence-corrected chi connectivity index (χ3v) is 2.07. The van der Waals surface area contributed by atoms with Gasteiger partial charge in [0.25, 0.3) is 0 Å². The zero-order chi connectivity index (χ0) is 13.8. The number of hydrogen-bond donors (Lipinski definition) is 1. The van der Waals surface area contributed by atoms with E-state index in [4.69, 9.17) is 5.11 Å². The largest absolute Gasteiger partial charge is 0.480 e. The normalized spacial score (nSPS) is 11.1. The molecule has 0 atom stereocenters. The van der Waals surface area contributed by atoms with Crippen LogP contribution in [0.25, 0.3) is 0 Å². The maximum absolute atomic E-state index is 12.5. The van der Waals surface area contributed by atoms with Crippen molar-refractivity contribution < 1.29 is 23.1 Å². The van der Waals surface area contributed by atoms with E-state index in [0.717, 1.165) is 18.3 Å². The molecule has 0 bridgehead atoms. The van der Waals surface area contributed by atoms with Gasteiger partial charge < -0.3 is 10.0 Å². The first-order chi connectivity index (χ1) is 8.34. The van der Waals surface area contributed by atoms with E-state index >= 15 is 0 Å². The van der Waals surface area contributed by atoms with Crippen molar-refractivity contribution in [1.29, 1.82) is 0 Å². The summed E-state index contributed by atoms with van der Waals surface area (Å²) in [5.41, 5.74) is -0.869. The highest BCUT2D eigenvalue weighted by Gasteiger charge is 2.31. The number of carbonyl (C=O) groups is 1. The van der Waals surface area contributed by atoms with Crippen molar-refractivity contribution in [2.75, 3.05) is 18.0 Å². The lowest BCUT2D eigenvalue weighted by Gasteiger charge is -2.20. The van der Waals surface area contributed by atoms with Gasteiger partial charge in [-0.15, -0.1) is 6.58 Å². The minimum atomic E-state index is -4.49. The van der Waals surface area contributed by atoms with Crippen molar-refractivity contribution in [2.45, 2.75) is 6.18 Å². The highest BCUT2D eigenvalue weighted by Crippen LogP contribution is 2.30. The molecular weight excluding hydrogens is 249 g/mol. The molecule has 0 aliphatic rings. The number of anilines is 1. The van der Waals surface area contributed by atoms with E-state index in [1.165, 1.54) is 11.0 Å². The van der Waals surface area contributed by atoms with E-state index in [2.05, 4.69) is 11.6 Å². The molecule has 4 nitrogen and oxygen atoms in total. The molecule has 0 aromatic carbocycles. The number of nitrogens with zero attached hydrogens (tertiary/aromatic N) is 2. The monoisotopic (exact) mass is 260 g/mol. The Morgan fingerprint density at radius 3 is 2.72 bits per heavy atom. The lowest BCUT2D eigenvalue weighted by Crippen LogP contribution is -2.30. The summed E-state index contributed by atoms with van der Waals surface area (Å²) in [7, 11) is 0. The fraction of sp³-hybridized carbons (Fsp3) is 0.273. The van der Waals surface area contributed by atoms with Crippen molar-refractivity contribution in [2.24, 2.45) is 0 Å². The van der Waals surface area contributed by atoms with Crippen LogP contribution in [0.3, 0.4) is 0 Å². The standard InChI is InChI=1S/C11H11F3N2O2/c1-2-5-16(7-10(17)18)9-6-8(3-4-15-9)11(12,13)14/h2-4,6H,1,5,7H2,(H,17,18). The van der Waals surface area contributed by atoms with Crippen LogP contribution in [-0.2, 0) is 11.0 Å². The zero-order valence-electron chi connectivity index (χ0n) is 9.31. The van der Waals surface area contributed by atoms with E-state index in [9.17, 15) is 18.0 Å². The Morgan fingerprint density at radius 1 is 1.56 bits per heavy atom. The summed E-state index contributed by atoms with van der Waals surface area (Å²) < 4.78 is 37.5. The van der Waals surface area contributed by atoms with Gasteiger partial charge in [-0.05, 0) is 12.1 Å². The molecule has 1 N–H and O–H groups in total. The number of pyridine rings is 1. The van der Waals surface area contributed by atoms with Crippen LogP contribution in [0.4, 0.5) is 19.0 Å². The number of rotatable bonds is 5. The van der Waals surface area contributed by atoms with Gasteiger partial charge in [-0.3, -0.25) is 4.79 Å². The molecule has 1 rings (SSSR count). The van der Waals surface area contributed by atoms with Gasteiger partial charge in [-0.25, -0.2) is 4.98 Å². The molecule has 0 aliphatic carbocycles. The minimum Gasteiger partial charge on any atom is -0.480 e. The number of carboxylic acid groups (broad SMARTS) is 1. The predicted octanol–water partition coefficient (Wildman–Crippen LogP) is 2.18. The van der Waals surface area contributed by atoms with Crippen LogP contribution in [0.15, 0.2) is 31.0 Å². The van der Waals surface area contributed by atoms with E-state index in [1.54, 1.807) is 0 Å². The van der Waals surface area contributed by atoms with Crippen LogP contribution in [0, 0.1) is 0 Å². The highest BCUT2D eigenvalue weighted by atomic mass is 19.4. The molecule has 1 aromatic rings. The lowest BCUT2D eigenvalue weighted by molar-refractivity contribution is -0.137. The first kappa shape index (κ1) is 14.0. The van der Waals surface area contributed by atoms with E-state index in [-0.39, 0.29) is 12.4 Å². The van der Waals surface area contributed by atoms with Crippen molar-refractivity contribution in [3.8, 4) is 0 Å². The third kappa shape index (κ3) is 3.76. The maximum Gasteiger partial charge on any atom is 0.416 e. The van der Waals surface area contributed by atoms with Gasteiger partial charge >= 0.3 is 12.1 Å². The number of hydrogen-bond acceptors (Lipinski definition) is 3. The average Bonchev–Trinajstić information content (AvgIpc) is 2.27. The van der Waals surface area contributed by atoms with E-state index < -0.39 is 24.3 Å². The second-order valence-corrected chi connectivity index (χ2v) is 3.46. The molecule has 0 saturated heterocycles. The van der Waals surface area contributed by atoms with Crippen molar-refractivity contribution in [3.05, 3.63) is 36.5 Å². The number of alkyl halides is 3. The summed E-state index contributed by atoms with van der Waals surface area (Å²) >= 11 is 0. The highest BCUT2D eigenvalue weighted by molar-refractivity contribution is 5.73. The summed E-state index contributed by atoms with van der Waals surface area (Å²) in [6, 6.07) is 1.64. The fourth-order valence-electron chi connectivity index (χ4n) is 1.33. The summed E-state index contributed by atoms with van der Waals surface area (Å²) in [4.78, 5) is 15.5. The maximum atomic E-state index is 12.5. The number of carboxylic acids is 1. The Balaban J connectivity index is 3.05. The number of aliphatic carboxylic acids is 1. The summed E-state index contributed by atoms with van der Waals surface area (Å²) in [6.07, 6.45) is -2.10. The first-order valence-electron chi connectivity index (χ1n) is 4.95. The van der Waals surface area contributed by atoms with Crippen LogP contribution in [0.1, 0.15) is 5.56 Å². The van der Waals surface area contributed by atoms with Crippen molar-refractivity contribution >= 4 is 11.8 Å². The molecule has 0 radical (unpaired) electrons. The smallest absolute Gasteiger partial charge is 0.416 e.